The Hall–Kier alpha value is -4.01. The molecule has 0 fully saturated rings. The molecule has 5 rings (SSSR count). The lowest BCUT2D eigenvalue weighted by atomic mass is 9.62. The van der Waals surface area contributed by atoms with E-state index >= 15 is 0 Å². The molecule has 1 nitrogen and oxygen atoms in total. The molecule has 0 aliphatic carbocycles. The van der Waals surface area contributed by atoms with Gasteiger partial charge in [-0.2, -0.15) is 0 Å². The number of rotatable bonds is 10. The number of hydrogen-bond acceptors (Lipinski definition) is 1. The third-order valence-corrected chi connectivity index (χ3v) is 11.9. The third kappa shape index (κ3) is 5.00. The summed E-state index contributed by atoms with van der Waals surface area (Å²) in [5, 5.41) is -0.767. The lowest BCUT2D eigenvalue weighted by Crippen LogP contribution is -2.50. The van der Waals surface area contributed by atoms with E-state index < -0.39 is 18.5 Å². The maximum atomic E-state index is 13.9. The van der Waals surface area contributed by atoms with Crippen molar-refractivity contribution in [3.05, 3.63) is 179 Å². The van der Waals surface area contributed by atoms with Gasteiger partial charge in [0.1, 0.15) is 0 Å². The van der Waals surface area contributed by atoms with Gasteiger partial charge in [0.05, 0.1) is 8.07 Å². The van der Waals surface area contributed by atoms with Crippen molar-refractivity contribution >= 4 is 14.4 Å². The number of benzene rings is 5. The summed E-state index contributed by atoms with van der Waals surface area (Å²) in [4.78, 5) is 13.9. The SMILES string of the molecule is C[Si](C)(C)C([C]=O)(CC(c1ccccc1)(c1ccccc1)c1ccccc1)C(c1ccccc1)c1ccccc1. The Morgan fingerprint density at radius 2 is 0.825 bits per heavy atom. The number of carbonyl (C=O) groups excluding carboxylic acids is 1. The summed E-state index contributed by atoms with van der Waals surface area (Å²) < 4.78 is 0. The van der Waals surface area contributed by atoms with Crippen molar-refractivity contribution < 1.29 is 4.79 Å². The van der Waals surface area contributed by atoms with E-state index in [0.29, 0.717) is 6.42 Å². The topological polar surface area (TPSA) is 17.1 Å². The molecule has 199 valence electrons. The first-order valence-electron chi connectivity index (χ1n) is 14.1. The molecule has 0 saturated heterocycles. The maximum Gasteiger partial charge on any atom is 0.203 e. The number of hydrogen-bond donors (Lipinski definition) is 0. The van der Waals surface area contributed by atoms with E-state index in [1.165, 1.54) is 16.7 Å². The van der Waals surface area contributed by atoms with Crippen LogP contribution in [0.15, 0.2) is 152 Å². The van der Waals surface area contributed by atoms with Crippen LogP contribution in [-0.4, -0.2) is 14.4 Å². The predicted molar refractivity (Wildman–Crippen MR) is 170 cm³/mol. The maximum absolute atomic E-state index is 13.9. The smallest absolute Gasteiger partial charge is 0.203 e. The molecular formula is C38H37OSi. The Labute approximate surface area is 240 Å². The first-order valence-corrected chi connectivity index (χ1v) is 17.6. The zero-order valence-electron chi connectivity index (χ0n) is 23.6. The van der Waals surface area contributed by atoms with Gasteiger partial charge in [0.2, 0.25) is 6.29 Å². The van der Waals surface area contributed by atoms with E-state index in [4.69, 9.17) is 0 Å². The second-order valence-electron chi connectivity index (χ2n) is 11.8. The zero-order chi connectivity index (χ0) is 28.1. The highest BCUT2D eigenvalue weighted by atomic mass is 28.3. The molecule has 40 heavy (non-hydrogen) atoms. The van der Waals surface area contributed by atoms with Crippen molar-refractivity contribution in [1.29, 1.82) is 0 Å². The van der Waals surface area contributed by atoms with E-state index in [1.54, 1.807) is 0 Å². The van der Waals surface area contributed by atoms with E-state index in [-0.39, 0.29) is 5.92 Å². The molecule has 1 radical (unpaired) electrons. The molecule has 0 aromatic heterocycles. The summed E-state index contributed by atoms with van der Waals surface area (Å²) in [6.45, 7) is 7.01. The predicted octanol–water partition coefficient (Wildman–Crippen LogP) is 9.43. The second kappa shape index (κ2) is 11.6. The molecule has 1 unspecified atom stereocenters. The molecule has 0 amide bonds. The van der Waals surface area contributed by atoms with E-state index in [9.17, 15) is 4.79 Å². The fourth-order valence-electron chi connectivity index (χ4n) is 6.49. The highest BCUT2D eigenvalue weighted by Crippen LogP contribution is 2.61. The highest BCUT2D eigenvalue weighted by molar-refractivity contribution is 6.82. The van der Waals surface area contributed by atoms with Crippen molar-refractivity contribution in [2.24, 2.45) is 0 Å². The van der Waals surface area contributed by atoms with E-state index in [2.05, 4.69) is 178 Å². The van der Waals surface area contributed by atoms with Gasteiger partial charge < -0.3 is 0 Å². The minimum absolute atomic E-state index is 0.144. The second-order valence-corrected chi connectivity index (χ2v) is 17.2. The first-order chi connectivity index (χ1) is 19.4. The quantitative estimate of drug-likeness (QED) is 0.128. The lowest BCUT2D eigenvalue weighted by molar-refractivity contribution is 0.423. The molecule has 0 N–H and O–H groups in total. The summed E-state index contributed by atoms with van der Waals surface area (Å²) in [6, 6.07) is 53.4. The van der Waals surface area contributed by atoms with Crippen LogP contribution in [0, 0.1) is 0 Å². The molecule has 2 heteroatoms. The van der Waals surface area contributed by atoms with Gasteiger partial charge in [-0.3, -0.25) is 4.79 Å². The summed E-state index contributed by atoms with van der Waals surface area (Å²) in [5.74, 6) is -0.144. The van der Waals surface area contributed by atoms with E-state index in [0.717, 1.165) is 11.1 Å². The van der Waals surface area contributed by atoms with Crippen LogP contribution < -0.4 is 0 Å². The molecule has 1 atom stereocenters. The standard InChI is InChI=1S/C38H37OSi/c1-40(2,3)37(30-39,36(31-19-9-4-10-20-31)32-21-11-5-12-22-32)29-38(33-23-13-6-14-24-33,34-25-15-7-16-26-34)35-27-17-8-18-28-35/h4-28,36H,29H2,1-3H3. The van der Waals surface area contributed by atoms with Gasteiger partial charge in [0.15, 0.2) is 0 Å². The van der Waals surface area contributed by atoms with Crippen molar-refractivity contribution in [3.63, 3.8) is 0 Å². The highest BCUT2D eigenvalue weighted by Gasteiger charge is 2.56. The molecule has 5 aromatic rings. The molecule has 0 aliphatic rings. The average molecular weight is 538 g/mol. The van der Waals surface area contributed by atoms with E-state index in [1.807, 2.05) is 0 Å². The Morgan fingerprint density at radius 3 is 1.10 bits per heavy atom. The Bertz CT molecular complexity index is 1360. The van der Waals surface area contributed by atoms with Gasteiger partial charge >= 0.3 is 0 Å². The monoisotopic (exact) mass is 537 g/mol. The van der Waals surface area contributed by atoms with Crippen molar-refractivity contribution in [2.75, 3.05) is 0 Å². The van der Waals surface area contributed by atoms with Crippen LogP contribution in [0.5, 0.6) is 0 Å². The average Bonchev–Trinajstić information content (AvgIpc) is 3.01. The Kier molecular flexibility index (Phi) is 8.00. The van der Waals surface area contributed by atoms with Gasteiger partial charge in [-0.1, -0.05) is 171 Å². The minimum atomic E-state index is -2.30. The molecule has 5 aromatic carbocycles. The summed E-state index contributed by atoms with van der Waals surface area (Å²) in [7, 11) is -2.30. The minimum Gasteiger partial charge on any atom is -0.291 e. The van der Waals surface area contributed by atoms with Gasteiger partial charge in [-0.05, 0) is 34.2 Å². The lowest BCUT2D eigenvalue weighted by Gasteiger charge is -2.51. The fraction of sp³-hybridized carbons (Fsp3) is 0.184. The van der Waals surface area contributed by atoms with Crippen LogP contribution in [0.4, 0.5) is 0 Å². The van der Waals surface area contributed by atoms with Crippen LogP contribution in [0.1, 0.15) is 40.2 Å². The van der Waals surface area contributed by atoms with Crippen molar-refractivity contribution in [2.45, 2.75) is 42.4 Å². The molecule has 0 bridgehead atoms. The van der Waals surface area contributed by atoms with Gasteiger partial charge in [-0.25, -0.2) is 0 Å². The molecule has 0 saturated carbocycles. The van der Waals surface area contributed by atoms with Crippen LogP contribution in [0.2, 0.25) is 24.7 Å². The van der Waals surface area contributed by atoms with Crippen molar-refractivity contribution in [3.8, 4) is 0 Å². The summed E-state index contributed by atoms with van der Waals surface area (Å²) in [6.07, 6.45) is 3.43. The van der Waals surface area contributed by atoms with Crippen LogP contribution in [0.3, 0.4) is 0 Å². The van der Waals surface area contributed by atoms with Crippen LogP contribution >= 0.6 is 0 Å². The van der Waals surface area contributed by atoms with Gasteiger partial charge in [0, 0.05) is 16.4 Å². The van der Waals surface area contributed by atoms with Crippen LogP contribution in [0.25, 0.3) is 0 Å². The molecule has 0 aliphatic heterocycles. The summed E-state index contributed by atoms with van der Waals surface area (Å²) >= 11 is 0. The normalized spacial score (nSPS) is 13.5. The Balaban J connectivity index is 1.89. The molecule has 0 heterocycles. The van der Waals surface area contributed by atoms with Gasteiger partial charge in [0.25, 0.3) is 0 Å². The van der Waals surface area contributed by atoms with Crippen molar-refractivity contribution in [1.82, 2.24) is 0 Å². The van der Waals surface area contributed by atoms with Crippen LogP contribution in [-0.2, 0) is 10.2 Å². The zero-order valence-corrected chi connectivity index (χ0v) is 24.6. The fourth-order valence-corrected chi connectivity index (χ4v) is 8.79. The Morgan fingerprint density at radius 1 is 0.525 bits per heavy atom. The molecular weight excluding hydrogens is 501 g/mol. The third-order valence-electron chi connectivity index (χ3n) is 8.62. The van der Waals surface area contributed by atoms with Gasteiger partial charge in [-0.15, -0.1) is 0 Å². The summed E-state index contributed by atoms with van der Waals surface area (Å²) in [5.41, 5.74) is 5.30. The largest absolute Gasteiger partial charge is 0.291 e. The first kappa shape index (κ1) is 27.5. The molecule has 0 spiro atoms.